The molecule has 21 heavy (non-hydrogen) atoms. The number of nitrogens with zero attached hydrogens (tertiary/aromatic N) is 1. The van der Waals surface area contributed by atoms with Gasteiger partial charge in [0.2, 0.25) is 0 Å². The van der Waals surface area contributed by atoms with Crippen molar-refractivity contribution in [1.82, 2.24) is 4.90 Å². The van der Waals surface area contributed by atoms with Crippen molar-refractivity contribution in [3.8, 4) is 0 Å². The number of carbonyl (C=O) groups is 1. The molecule has 1 aromatic rings. The van der Waals surface area contributed by atoms with Gasteiger partial charge in [0.1, 0.15) is 0 Å². The molecule has 0 saturated heterocycles. The Morgan fingerprint density at radius 2 is 1.95 bits per heavy atom. The van der Waals surface area contributed by atoms with Crippen molar-refractivity contribution in [3.05, 3.63) is 35.4 Å². The van der Waals surface area contributed by atoms with Crippen LogP contribution in [-0.2, 0) is 4.74 Å². The fourth-order valence-electron chi connectivity index (χ4n) is 1.94. The van der Waals surface area contributed by atoms with Gasteiger partial charge in [-0.1, -0.05) is 29.9 Å². The fraction of sp³-hybridized carbons (Fsp3) is 0.500. The minimum Gasteiger partial charge on any atom is -0.393 e. The summed E-state index contributed by atoms with van der Waals surface area (Å²) in [6, 6.07) is 7.60. The molecule has 0 aliphatic heterocycles. The second-order valence-electron chi connectivity index (χ2n) is 4.93. The molecule has 5 heteroatoms. The average Bonchev–Trinajstić information content (AvgIpc) is 2.46. The number of hydrogen-bond donors (Lipinski definition) is 1. The molecule has 1 aromatic carbocycles. The van der Waals surface area contributed by atoms with Crippen LogP contribution in [0.25, 0.3) is 0 Å². The van der Waals surface area contributed by atoms with Crippen molar-refractivity contribution >= 4 is 23.1 Å². The molecular weight excluding hydrogens is 284 g/mol. The van der Waals surface area contributed by atoms with E-state index in [4.69, 9.17) is 22.7 Å². The van der Waals surface area contributed by atoms with Gasteiger partial charge in [-0.2, -0.15) is 0 Å². The number of carbonyl (C=O) groups excluding carboxylic acids is 1. The van der Waals surface area contributed by atoms with Crippen molar-refractivity contribution in [2.45, 2.75) is 26.7 Å². The number of thiocarbonyl (C=S) groups is 1. The first-order valence-electron chi connectivity index (χ1n) is 7.26. The van der Waals surface area contributed by atoms with E-state index in [1.807, 2.05) is 38.1 Å². The largest absolute Gasteiger partial charge is 0.393 e. The van der Waals surface area contributed by atoms with Gasteiger partial charge in [-0.3, -0.25) is 4.79 Å². The summed E-state index contributed by atoms with van der Waals surface area (Å²) in [6.45, 7) is 6.51. The fourth-order valence-corrected chi connectivity index (χ4v) is 2.03. The molecule has 0 atom stereocenters. The van der Waals surface area contributed by atoms with E-state index in [9.17, 15) is 4.79 Å². The van der Waals surface area contributed by atoms with Gasteiger partial charge in [0.05, 0.1) is 4.99 Å². The van der Waals surface area contributed by atoms with Gasteiger partial charge in [0.15, 0.2) is 0 Å². The number of ether oxygens (including phenoxy) is 1. The smallest absolute Gasteiger partial charge is 0.253 e. The van der Waals surface area contributed by atoms with Gasteiger partial charge in [0.25, 0.3) is 5.91 Å². The van der Waals surface area contributed by atoms with Crippen molar-refractivity contribution in [3.63, 3.8) is 0 Å². The van der Waals surface area contributed by atoms with Crippen LogP contribution in [0.15, 0.2) is 24.3 Å². The van der Waals surface area contributed by atoms with Crippen LogP contribution >= 0.6 is 12.2 Å². The summed E-state index contributed by atoms with van der Waals surface area (Å²) in [7, 11) is 0. The summed E-state index contributed by atoms with van der Waals surface area (Å²) in [5.74, 6) is 0.0164. The zero-order valence-corrected chi connectivity index (χ0v) is 13.6. The van der Waals surface area contributed by atoms with Crippen LogP contribution in [0.3, 0.4) is 0 Å². The van der Waals surface area contributed by atoms with E-state index in [2.05, 4.69) is 0 Å². The maximum Gasteiger partial charge on any atom is 0.253 e. The Bertz CT molecular complexity index is 460. The molecule has 0 heterocycles. The van der Waals surface area contributed by atoms with E-state index < -0.39 is 0 Å². The Labute approximate surface area is 132 Å². The molecule has 1 amide bonds. The first-order valence-corrected chi connectivity index (χ1v) is 7.67. The summed E-state index contributed by atoms with van der Waals surface area (Å²) in [5, 5.41) is 0. The van der Waals surface area contributed by atoms with Crippen LogP contribution in [0.5, 0.6) is 0 Å². The van der Waals surface area contributed by atoms with E-state index in [-0.39, 0.29) is 5.91 Å². The highest BCUT2D eigenvalue weighted by Gasteiger charge is 2.15. The monoisotopic (exact) mass is 308 g/mol. The molecule has 0 aliphatic rings. The van der Waals surface area contributed by atoms with E-state index in [1.54, 1.807) is 4.90 Å². The van der Waals surface area contributed by atoms with Crippen LogP contribution in [0.2, 0.25) is 0 Å². The summed E-state index contributed by atoms with van der Waals surface area (Å²) >= 11 is 4.90. The third-order valence-corrected chi connectivity index (χ3v) is 3.34. The lowest BCUT2D eigenvalue weighted by Crippen LogP contribution is -2.35. The quantitative estimate of drug-likeness (QED) is 0.562. The lowest BCUT2D eigenvalue weighted by atomic mass is 10.1. The minimum absolute atomic E-state index is 0.0164. The zero-order chi connectivity index (χ0) is 15.7. The second-order valence-corrected chi connectivity index (χ2v) is 5.45. The summed E-state index contributed by atoms with van der Waals surface area (Å²) < 4.78 is 5.32. The van der Waals surface area contributed by atoms with Crippen LogP contribution in [-0.4, -0.2) is 42.1 Å². The molecule has 0 saturated carbocycles. The molecule has 0 spiro atoms. The highest BCUT2D eigenvalue weighted by Crippen LogP contribution is 2.08. The van der Waals surface area contributed by atoms with Crippen LogP contribution in [0.4, 0.5) is 0 Å². The SMILES string of the molecule is CCOCCCN(CCC(N)=S)C(=O)c1ccc(C)cc1. The molecule has 0 aromatic heterocycles. The van der Waals surface area contributed by atoms with E-state index in [0.29, 0.717) is 43.3 Å². The lowest BCUT2D eigenvalue weighted by molar-refractivity contribution is 0.0730. The number of amides is 1. The Hall–Kier alpha value is -1.46. The van der Waals surface area contributed by atoms with Crippen LogP contribution in [0, 0.1) is 6.92 Å². The summed E-state index contributed by atoms with van der Waals surface area (Å²) in [4.78, 5) is 14.8. The third kappa shape index (κ3) is 6.69. The maximum atomic E-state index is 12.5. The van der Waals surface area contributed by atoms with Gasteiger partial charge >= 0.3 is 0 Å². The predicted molar refractivity (Wildman–Crippen MR) is 89.6 cm³/mol. The normalized spacial score (nSPS) is 10.4. The first-order chi connectivity index (χ1) is 10.0. The number of hydrogen-bond acceptors (Lipinski definition) is 3. The maximum absolute atomic E-state index is 12.5. The molecule has 116 valence electrons. The number of benzene rings is 1. The van der Waals surface area contributed by atoms with E-state index in [0.717, 1.165) is 12.0 Å². The standard InChI is InChI=1S/C16H24N2O2S/c1-3-20-12-4-10-18(11-9-15(17)21)16(19)14-7-5-13(2)6-8-14/h5-8H,3-4,9-12H2,1-2H3,(H2,17,21). The van der Waals surface area contributed by atoms with Crippen molar-refractivity contribution in [2.24, 2.45) is 5.73 Å². The molecule has 0 radical (unpaired) electrons. The molecule has 0 bridgehead atoms. The molecule has 1 rings (SSSR count). The first kappa shape index (κ1) is 17.6. The third-order valence-electron chi connectivity index (χ3n) is 3.13. The number of aryl methyl sites for hydroxylation is 1. The lowest BCUT2D eigenvalue weighted by Gasteiger charge is -2.22. The minimum atomic E-state index is 0.0164. The highest BCUT2D eigenvalue weighted by atomic mass is 32.1. The summed E-state index contributed by atoms with van der Waals surface area (Å²) in [6.07, 6.45) is 1.35. The molecular formula is C16H24N2O2S. The number of rotatable bonds is 9. The van der Waals surface area contributed by atoms with Gasteiger partial charge in [-0.25, -0.2) is 0 Å². The Kier molecular flexibility index (Phi) is 7.93. The second kappa shape index (κ2) is 9.47. The van der Waals surface area contributed by atoms with Crippen molar-refractivity contribution in [1.29, 1.82) is 0 Å². The molecule has 0 aliphatic carbocycles. The van der Waals surface area contributed by atoms with Gasteiger partial charge in [0, 0.05) is 38.3 Å². The Morgan fingerprint density at radius 1 is 1.29 bits per heavy atom. The Morgan fingerprint density at radius 3 is 2.52 bits per heavy atom. The number of nitrogens with two attached hydrogens (primary N) is 1. The molecule has 4 nitrogen and oxygen atoms in total. The Balaban J connectivity index is 2.66. The van der Waals surface area contributed by atoms with Gasteiger partial charge in [-0.15, -0.1) is 0 Å². The average molecular weight is 308 g/mol. The van der Waals surface area contributed by atoms with Gasteiger partial charge in [-0.05, 0) is 32.4 Å². The van der Waals surface area contributed by atoms with Crippen LogP contribution in [0.1, 0.15) is 35.7 Å². The molecule has 0 fully saturated rings. The van der Waals surface area contributed by atoms with E-state index >= 15 is 0 Å². The van der Waals surface area contributed by atoms with Crippen LogP contribution < -0.4 is 5.73 Å². The van der Waals surface area contributed by atoms with Gasteiger partial charge < -0.3 is 15.4 Å². The molecule has 0 unspecified atom stereocenters. The predicted octanol–water partition coefficient (Wildman–Crippen LogP) is 2.54. The molecule has 2 N–H and O–H groups in total. The van der Waals surface area contributed by atoms with E-state index in [1.165, 1.54) is 0 Å². The van der Waals surface area contributed by atoms with Crippen molar-refractivity contribution in [2.75, 3.05) is 26.3 Å². The highest BCUT2D eigenvalue weighted by molar-refractivity contribution is 7.80. The zero-order valence-electron chi connectivity index (χ0n) is 12.8. The van der Waals surface area contributed by atoms with Crippen molar-refractivity contribution < 1.29 is 9.53 Å². The topological polar surface area (TPSA) is 55.6 Å². The summed E-state index contributed by atoms with van der Waals surface area (Å²) in [5.41, 5.74) is 7.38.